The average molecular weight is 278 g/mol. The number of para-hydroxylation sites is 1. The van der Waals surface area contributed by atoms with Crippen LogP contribution in [0.1, 0.15) is 20.3 Å². The van der Waals surface area contributed by atoms with Crippen molar-refractivity contribution in [2.75, 3.05) is 18.8 Å². The zero-order valence-corrected chi connectivity index (χ0v) is 12.4. The second-order valence-corrected chi connectivity index (χ2v) is 7.06. The number of hydrogen-bond acceptors (Lipinski definition) is 3. The SMILES string of the molecule is CC1(C)CCN(C(=Nc2ccccc2)NN)CCS1. The Kier molecular flexibility index (Phi) is 4.71. The molecule has 0 amide bonds. The molecule has 0 spiro atoms. The third-order valence-corrected chi connectivity index (χ3v) is 4.63. The minimum atomic E-state index is 0.335. The average Bonchev–Trinajstić information content (AvgIpc) is 2.58. The molecule has 104 valence electrons. The number of thioether (sulfide) groups is 1. The number of nitrogens with one attached hydrogen (secondary N) is 1. The van der Waals surface area contributed by atoms with Gasteiger partial charge in [0.05, 0.1) is 5.69 Å². The van der Waals surface area contributed by atoms with Crippen molar-refractivity contribution in [1.29, 1.82) is 0 Å². The molecule has 19 heavy (non-hydrogen) atoms. The normalized spacial score (nSPS) is 19.9. The molecule has 0 bridgehead atoms. The highest BCUT2D eigenvalue weighted by molar-refractivity contribution is 8.00. The summed E-state index contributed by atoms with van der Waals surface area (Å²) >= 11 is 2.01. The van der Waals surface area contributed by atoms with Gasteiger partial charge in [-0.15, -0.1) is 0 Å². The van der Waals surface area contributed by atoms with Crippen LogP contribution in [0.4, 0.5) is 5.69 Å². The van der Waals surface area contributed by atoms with Gasteiger partial charge in [-0.25, -0.2) is 10.8 Å². The maximum absolute atomic E-state index is 5.64. The van der Waals surface area contributed by atoms with Gasteiger partial charge in [-0.1, -0.05) is 32.0 Å². The Labute approximate surface area is 119 Å². The Balaban J connectivity index is 2.11. The van der Waals surface area contributed by atoms with Gasteiger partial charge in [0, 0.05) is 23.6 Å². The van der Waals surface area contributed by atoms with E-state index in [4.69, 9.17) is 5.84 Å². The zero-order valence-electron chi connectivity index (χ0n) is 11.6. The molecule has 1 aromatic carbocycles. The summed E-state index contributed by atoms with van der Waals surface area (Å²) in [4.78, 5) is 6.82. The van der Waals surface area contributed by atoms with Crippen LogP contribution in [-0.4, -0.2) is 34.4 Å². The van der Waals surface area contributed by atoms with Gasteiger partial charge in [-0.2, -0.15) is 11.8 Å². The van der Waals surface area contributed by atoms with Crippen LogP contribution in [0.25, 0.3) is 0 Å². The van der Waals surface area contributed by atoms with Gasteiger partial charge < -0.3 is 4.90 Å². The molecule has 1 saturated heterocycles. The number of rotatable bonds is 1. The van der Waals surface area contributed by atoms with Gasteiger partial charge in [0.1, 0.15) is 0 Å². The van der Waals surface area contributed by atoms with Gasteiger partial charge in [0.15, 0.2) is 0 Å². The van der Waals surface area contributed by atoms with Crippen molar-refractivity contribution in [2.24, 2.45) is 10.8 Å². The highest BCUT2D eigenvalue weighted by atomic mass is 32.2. The molecule has 0 radical (unpaired) electrons. The lowest BCUT2D eigenvalue weighted by atomic mass is 10.1. The molecule has 2 rings (SSSR count). The summed E-state index contributed by atoms with van der Waals surface area (Å²) in [6.45, 7) is 6.55. The van der Waals surface area contributed by atoms with Crippen molar-refractivity contribution >= 4 is 23.4 Å². The quantitative estimate of drug-likeness (QED) is 0.358. The minimum absolute atomic E-state index is 0.335. The Morgan fingerprint density at radius 3 is 2.74 bits per heavy atom. The van der Waals surface area contributed by atoms with Crippen molar-refractivity contribution in [2.45, 2.75) is 25.0 Å². The molecule has 1 aliphatic rings. The van der Waals surface area contributed by atoms with Crippen LogP contribution in [0.3, 0.4) is 0 Å². The number of guanidine groups is 1. The smallest absolute Gasteiger partial charge is 0.213 e. The van der Waals surface area contributed by atoms with E-state index in [1.165, 1.54) is 0 Å². The monoisotopic (exact) mass is 278 g/mol. The Bertz CT molecular complexity index is 430. The Morgan fingerprint density at radius 1 is 1.32 bits per heavy atom. The first-order valence-electron chi connectivity index (χ1n) is 6.60. The van der Waals surface area contributed by atoms with E-state index in [0.717, 1.165) is 36.9 Å². The summed E-state index contributed by atoms with van der Waals surface area (Å²) in [5.74, 6) is 7.49. The van der Waals surface area contributed by atoms with Crippen LogP contribution < -0.4 is 11.3 Å². The number of hydrazine groups is 1. The molecule has 0 aromatic heterocycles. The van der Waals surface area contributed by atoms with E-state index in [1.54, 1.807) is 0 Å². The predicted octanol–water partition coefficient (Wildman–Crippen LogP) is 2.35. The molecule has 1 heterocycles. The molecular formula is C14H22N4S. The van der Waals surface area contributed by atoms with Gasteiger partial charge in [0.25, 0.3) is 0 Å². The van der Waals surface area contributed by atoms with Gasteiger partial charge in [0.2, 0.25) is 5.96 Å². The highest BCUT2D eigenvalue weighted by Gasteiger charge is 2.24. The topological polar surface area (TPSA) is 53.6 Å². The summed E-state index contributed by atoms with van der Waals surface area (Å²) in [5.41, 5.74) is 3.66. The van der Waals surface area contributed by atoms with Crippen LogP contribution in [0, 0.1) is 0 Å². The lowest BCUT2D eigenvalue weighted by molar-refractivity contribution is 0.409. The van der Waals surface area contributed by atoms with E-state index in [9.17, 15) is 0 Å². The summed E-state index contributed by atoms with van der Waals surface area (Å²) in [7, 11) is 0. The van der Waals surface area contributed by atoms with Crippen LogP contribution in [0.2, 0.25) is 0 Å². The molecule has 4 nitrogen and oxygen atoms in total. The molecule has 1 aliphatic heterocycles. The maximum atomic E-state index is 5.64. The molecule has 0 aliphatic carbocycles. The number of benzene rings is 1. The van der Waals surface area contributed by atoms with Crippen molar-refractivity contribution in [3.05, 3.63) is 30.3 Å². The molecule has 3 N–H and O–H groups in total. The zero-order chi connectivity index (χ0) is 13.7. The van der Waals surface area contributed by atoms with Gasteiger partial charge >= 0.3 is 0 Å². The number of nitrogens with zero attached hydrogens (tertiary/aromatic N) is 2. The van der Waals surface area contributed by atoms with Crippen molar-refractivity contribution in [3.63, 3.8) is 0 Å². The Hall–Kier alpha value is -1.20. The summed E-state index contributed by atoms with van der Waals surface area (Å²) in [5, 5.41) is 0. The van der Waals surface area contributed by atoms with E-state index in [-0.39, 0.29) is 0 Å². The maximum Gasteiger partial charge on any atom is 0.213 e. The molecule has 1 fully saturated rings. The number of hydrogen-bond donors (Lipinski definition) is 2. The minimum Gasteiger partial charge on any atom is -0.341 e. The van der Waals surface area contributed by atoms with E-state index >= 15 is 0 Å². The standard InChI is InChI=1S/C14H22N4S/c1-14(2)8-9-18(10-11-19-14)13(17-15)16-12-6-4-3-5-7-12/h3-7H,8-11,15H2,1-2H3,(H,16,17). The molecule has 5 heteroatoms. The van der Waals surface area contributed by atoms with Crippen molar-refractivity contribution in [1.82, 2.24) is 10.3 Å². The molecule has 0 unspecified atom stereocenters. The fraction of sp³-hybridized carbons (Fsp3) is 0.500. The molecule has 0 saturated carbocycles. The van der Waals surface area contributed by atoms with E-state index < -0.39 is 0 Å². The fourth-order valence-electron chi connectivity index (χ4n) is 2.05. The Morgan fingerprint density at radius 2 is 2.05 bits per heavy atom. The van der Waals surface area contributed by atoms with Crippen LogP contribution >= 0.6 is 11.8 Å². The third kappa shape index (κ3) is 4.14. The lowest BCUT2D eigenvalue weighted by Gasteiger charge is -2.24. The van der Waals surface area contributed by atoms with Crippen LogP contribution in [-0.2, 0) is 0 Å². The molecule has 0 atom stereocenters. The summed E-state index contributed by atoms with van der Waals surface area (Å²) in [6.07, 6.45) is 1.13. The number of nitrogens with two attached hydrogens (primary N) is 1. The van der Waals surface area contributed by atoms with E-state index in [2.05, 4.69) is 29.2 Å². The largest absolute Gasteiger partial charge is 0.341 e. The first-order chi connectivity index (χ1) is 9.11. The highest BCUT2D eigenvalue weighted by Crippen LogP contribution is 2.30. The number of aliphatic imine (C=N–C) groups is 1. The molecule has 1 aromatic rings. The van der Waals surface area contributed by atoms with Crippen LogP contribution in [0.5, 0.6) is 0 Å². The summed E-state index contributed by atoms with van der Waals surface area (Å²) < 4.78 is 0.335. The van der Waals surface area contributed by atoms with Crippen LogP contribution in [0.15, 0.2) is 35.3 Å². The second-order valence-electron chi connectivity index (χ2n) is 5.26. The fourth-order valence-corrected chi connectivity index (χ4v) is 3.15. The second kappa shape index (κ2) is 6.30. The molecular weight excluding hydrogens is 256 g/mol. The van der Waals surface area contributed by atoms with E-state index in [1.807, 2.05) is 42.1 Å². The summed E-state index contributed by atoms with van der Waals surface area (Å²) in [6, 6.07) is 9.91. The van der Waals surface area contributed by atoms with Crippen molar-refractivity contribution < 1.29 is 0 Å². The lowest BCUT2D eigenvalue weighted by Crippen LogP contribution is -2.45. The first-order valence-corrected chi connectivity index (χ1v) is 7.58. The predicted molar refractivity (Wildman–Crippen MR) is 83.6 cm³/mol. The third-order valence-electron chi connectivity index (χ3n) is 3.26. The van der Waals surface area contributed by atoms with Gasteiger partial charge in [-0.3, -0.25) is 5.43 Å². The first kappa shape index (κ1) is 14.2. The van der Waals surface area contributed by atoms with Crippen molar-refractivity contribution in [3.8, 4) is 0 Å². The van der Waals surface area contributed by atoms with Gasteiger partial charge in [-0.05, 0) is 18.6 Å². The van der Waals surface area contributed by atoms with E-state index in [0.29, 0.717) is 4.75 Å².